The van der Waals surface area contributed by atoms with Gasteiger partial charge in [-0.15, -0.1) is 17.9 Å². The normalized spacial score (nSPS) is 10.5. The van der Waals surface area contributed by atoms with E-state index in [1.165, 1.54) is 29.3 Å². The lowest BCUT2D eigenvalue weighted by molar-refractivity contribution is 0.672. The van der Waals surface area contributed by atoms with Crippen LogP contribution in [-0.4, -0.2) is 14.5 Å². The molecule has 0 fully saturated rings. The fourth-order valence-corrected chi connectivity index (χ4v) is 3.51. The maximum Gasteiger partial charge on any atom is 0.272 e. The van der Waals surface area contributed by atoms with Crippen LogP contribution in [0.25, 0.3) is 10.2 Å². The Bertz CT molecular complexity index is 935. The van der Waals surface area contributed by atoms with Gasteiger partial charge in [0.15, 0.2) is 5.16 Å². The van der Waals surface area contributed by atoms with Crippen LogP contribution in [0.2, 0.25) is 0 Å². The molecule has 7 heteroatoms. The van der Waals surface area contributed by atoms with E-state index < -0.39 is 0 Å². The van der Waals surface area contributed by atoms with E-state index in [4.69, 9.17) is 5.26 Å². The van der Waals surface area contributed by atoms with Crippen LogP contribution in [0.15, 0.2) is 57.4 Å². The second kappa shape index (κ2) is 6.13. The van der Waals surface area contributed by atoms with Gasteiger partial charge in [-0.2, -0.15) is 5.26 Å². The van der Waals surface area contributed by atoms with Gasteiger partial charge in [0.2, 0.25) is 0 Å². The first-order valence-electron chi connectivity index (χ1n) is 6.36. The molecule has 0 aromatic carbocycles. The highest BCUT2D eigenvalue weighted by Gasteiger charge is 2.13. The predicted molar refractivity (Wildman–Crippen MR) is 87.2 cm³/mol. The molecule has 3 heterocycles. The molecular formula is C15H10N4OS2. The second-order valence-electron chi connectivity index (χ2n) is 4.33. The minimum atomic E-state index is -0.0731. The van der Waals surface area contributed by atoms with Crippen molar-refractivity contribution in [3.05, 3.63) is 58.3 Å². The first kappa shape index (κ1) is 14.5. The van der Waals surface area contributed by atoms with E-state index in [1.54, 1.807) is 22.8 Å². The monoisotopic (exact) mass is 326 g/mol. The first-order chi connectivity index (χ1) is 10.7. The molecule has 3 rings (SSSR count). The fourth-order valence-electron chi connectivity index (χ4n) is 1.89. The molecule has 0 atom stereocenters. The van der Waals surface area contributed by atoms with Crippen LogP contribution in [-0.2, 0) is 6.54 Å². The van der Waals surface area contributed by atoms with Gasteiger partial charge in [-0.25, -0.2) is 9.97 Å². The van der Waals surface area contributed by atoms with E-state index >= 15 is 0 Å². The van der Waals surface area contributed by atoms with Gasteiger partial charge in [0, 0.05) is 12.7 Å². The highest BCUT2D eigenvalue weighted by molar-refractivity contribution is 7.99. The number of pyridine rings is 1. The fraction of sp³-hybridized carbons (Fsp3) is 0.0667. The lowest BCUT2D eigenvalue weighted by Gasteiger charge is -2.09. The Morgan fingerprint density at radius 1 is 1.45 bits per heavy atom. The van der Waals surface area contributed by atoms with Crippen LogP contribution < -0.4 is 5.56 Å². The van der Waals surface area contributed by atoms with Gasteiger partial charge >= 0.3 is 0 Å². The smallest absolute Gasteiger partial charge is 0.272 e. The van der Waals surface area contributed by atoms with E-state index in [0.29, 0.717) is 32.5 Å². The molecule has 0 unspecified atom stereocenters. The number of nitriles is 1. The Morgan fingerprint density at radius 3 is 3.00 bits per heavy atom. The second-order valence-corrected chi connectivity index (χ2v) is 6.24. The number of allylic oxidation sites excluding steroid dienone is 1. The van der Waals surface area contributed by atoms with Gasteiger partial charge in [-0.3, -0.25) is 9.36 Å². The van der Waals surface area contributed by atoms with Crippen molar-refractivity contribution in [2.24, 2.45) is 0 Å². The Kier molecular flexibility index (Phi) is 4.04. The van der Waals surface area contributed by atoms with Gasteiger partial charge in [0.05, 0.1) is 11.1 Å². The van der Waals surface area contributed by atoms with Crippen molar-refractivity contribution in [2.45, 2.75) is 16.7 Å². The Hall–Kier alpha value is -2.43. The third-order valence-electron chi connectivity index (χ3n) is 2.90. The van der Waals surface area contributed by atoms with E-state index in [9.17, 15) is 4.79 Å². The molecule has 0 spiro atoms. The highest BCUT2D eigenvalue weighted by Crippen LogP contribution is 2.26. The summed E-state index contributed by atoms with van der Waals surface area (Å²) in [7, 11) is 0. The van der Waals surface area contributed by atoms with Crippen LogP contribution in [0.1, 0.15) is 5.56 Å². The number of hydrogen-bond donors (Lipinski definition) is 0. The molecule has 3 aromatic heterocycles. The van der Waals surface area contributed by atoms with Gasteiger partial charge in [-0.05, 0) is 35.3 Å². The summed E-state index contributed by atoms with van der Waals surface area (Å²) in [5.74, 6) is 0. The SMILES string of the molecule is C=CCn1c(Sc2ccc(C#N)cn2)nc2ccsc2c1=O. The number of aromatic nitrogens is 3. The summed E-state index contributed by atoms with van der Waals surface area (Å²) in [6.07, 6.45) is 3.17. The molecule has 22 heavy (non-hydrogen) atoms. The molecule has 0 amide bonds. The minimum absolute atomic E-state index is 0.0731. The summed E-state index contributed by atoms with van der Waals surface area (Å²) in [5, 5.41) is 11.9. The van der Waals surface area contributed by atoms with E-state index in [1.807, 2.05) is 17.5 Å². The molecule has 0 aliphatic rings. The molecule has 0 aliphatic carbocycles. The van der Waals surface area contributed by atoms with Crippen molar-refractivity contribution >= 4 is 33.3 Å². The average Bonchev–Trinajstić information content (AvgIpc) is 3.00. The largest absolute Gasteiger partial charge is 0.282 e. The molecule has 0 bridgehead atoms. The van der Waals surface area contributed by atoms with Crippen LogP contribution in [0.3, 0.4) is 0 Å². The summed E-state index contributed by atoms with van der Waals surface area (Å²) in [5.41, 5.74) is 1.11. The third-order valence-corrected chi connectivity index (χ3v) is 4.74. The van der Waals surface area contributed by atoms with Gasteiger partial charge in [0.1, 0.15) is 15.8 Å². The number of fused-ring (bicyclic) bond motifs is 1. The van der Waals surface area contributed by atoms with E-state index in [-0.39, 0.29) is 5.56 Å². The van der Waals surface area contributed by atoms with Crippen molar-refractivity contribution in [2.75, 3.05) is 0 Å². The molecule has 5 nitrogen and oxygen atoms in total. The Balaban J connectivity index is 2.08. The van der Waals surface area contributed by atoms with Crippen molar-refractivity contribution in [1.82, 2.24) is 14.5 Å². The molecule has 108 valence electrons. The molecule has 0 aliphatic heterocycles. The van der Waals surface area contributed by atoms with Crippen LogP contribution in [0.4, 0.5) is 0 Å². The summed E-state index contributed by atoms with van der Waals surface area (Å²) in [6, 6.07) is 7.28. The first-order valence-corrected chi connectivity index (χ1v) is 8.05. The molecular weight excluding hydrogens is 316 g/mol. The van der Waals surface area contributed by atoms with Crippen molar-refractivity contribution in [3.63, 3.8) is 0 Å². The minimum Gasteiger partial charge on any atom is -0.282 e. The number of rotatable bonds is 4. The lowest BCUT2D eigenvalue weighted by atomic mass is 10.3. The van der Waals surface area contributed by atoms with Crippen LogP contribution in [0, 0.1) is 11.3 Å². The summed E-state index contributed by atoms with van der Waals surface area (Å²) >= 11 is 2.68. The zero-order valence-corrected chi connectivity index (χ0v) is 13.0. The topological polar surface area (TPSA) is 71.6 Å². The van der Waals surface area contributed by atoms with E-state index in [0.717, 1.165) is 0 Å². The standard InChI is InChI=1S/C15H10N4OS2/c1-2-6-19-14(20)13-11(5-7-21-13)18-15(19)22-12-4-3-10(8-16)9-17-12/h2-5,7,9H,1,6H2. The number of thiophene rings is 1. The van der Waals surface area contributed by atoms with Crippen LogP contribution >= 0.6 is 23.1 Å². The number of hydrogen-bond acceptors (Lipinski definition) is 6. The summed E-state index contributed by atoms with van der Waals surface area (Å²) < 4.78 is 2.22. The molecule has 0 N–H and O–H groups in total. The highest BCUT2D eigenvalue weighted by atomic mass is 32.2. The molecule has 0 radical (unpaired) electrons. The van der Waals surface area contributed by atoms with Crippen molar-refractivity contribution < 1.29 is 0 Å². The third kappa shape index (κ3) is 2.66. The van der Waals surface area contributed by atoms with Gasteiger partial charge in [0.25, 0.3) is 5.56 Å². The maximum atomic E-state index is 12.5. The quantitative estimate of drug-likeness (QED) is 0.544. The lowest BCUT2D eigenvalue weighted by Crippen LogP contribution is -2.21. The molecule has 3 aromatic rings. The zero-order chi connectivity index (χ0) is 15.5. The van der Waals surface area contributed by atoms with Gasteiger partial charge in [-0.1, -0.05) is 6.08 Å². The number of nitrogens with zero attached hydrogens (tertiary/aromatic N) is 4. The van der Waals surface area contributed by atoms with Gasteiger partial charge < -0.3 is 0 Å². The summed E-state index contributed by atoms with van der Waals surface area (Å²) in [6.45, 7) is 4.08. The zero-order valence-electron chi connectivity index (χ0n) is 11.4. The van der Waals surface area contributed by atoms with Crippen molar-refractivity contribution in [1.29, 1.82) is 5.26 Å². The summed E-state index contributed by atoms with van der Waals surface area (Å²) in [4.78, 5) is 21.2. The molecule has 0 saturated heterocycles. The average molecular weight is 326 g/mol. The molecule has 0 saturated carbocycles. The Morgan fingerprint density at radius 2 is 2.32 bits per heavy atom. The van der Waals surface area contributed by atoms with Crippen LogP contribution in [0.5, 0.6) is 0 Å². The Labute approximate surface area is 134 Å². The van der Waals surface area contributed by atoms with Crippen molar-refractivity contribution in [3.8, 4) is 6.07 Å². The van der Waals surface area contributed by atoms with E-state index in [2.05, 4.69) is 16.5 Å². The maximum absolute atomic E-state index is 12.5. The predicted octanol–water partition coefficient (Wildman–Crippen LogP) is 3.06.